The Hall–Kier alpha value is -3.12. The van der Waals surface area contributed by atoms with Crippen LogP contribution < -0.4 is 20.4 Å². The minimum absolute atomic E-state index is 0.599. The lowest BCUT2D eigenvalue weighted by Crippen LogP contribution is -2.46. The molecule has 2 heterocycles. The molecule has 1 fully saturated rings. The standard InChI is InChI=1S/C24H27N5S/c1-19-7-9-20(10-8-19)17-26-24(30)27-21-11-12-23(25-18-21)29-15-13-28(14-16-29)22-5-3-2-4-6-22/h2-12,18H,13-17H2,1H3,(H2,26,27,30). The predicted octanol–water partition coefficient (Wildman–Crippen LogP) is 4.20. The van der Waals surface area contributed by atoms with Gasteiger partial charge in [-0.1, -0.05) is 48.0 Å². The Morgan fingerprint density at radius 3 is 2.27 bits per heavy atom. The number of thiocarbonyl (C=S) groups is 1. The van der Waals surface area contributed by atoms with Crippen LogP contribution in [-0.2, 0) is 6.54 Å². The average Bonchev–Trinajstić information content (AvgIpc) is 2.80. The quantitative estimate of drug-likeness (QED) is 0.607. The van der Waals surface area contributed by atoms with Crippen LogP contribution in [0.15, 0.2) is 72.9 Å². The molecule has 0 radical (unpaired) electrons. The highest BCUT2D eigenvalue weighted by atomic mass is 32.1. The number of aromatic nitrogens is 1. The van der Waals surface area contributed by atoms with Crippen LogP contribution in [0.25, 0.3) is 0 Å². The van der Waals surface area contributed by atoms with E-state index in [0.29, 0.717) is 11.7 Å². The van der Waals surface area contributed by atoms with Crippen molar-refractivity contribution in [2.24, 2.45) is 0 Å². The summed E-state index contributed by atoms with van der Waals surface area (Å²) in [5.41, 5.74) is 4.64. The molecule has 1 aliphatic heterocycles. The molecule has 0 unspecified atom stereocenters. The van der Waals surface area contributed by atoms with Crippen molar-refractivity contribution in [3.05, 3.63) is 84.1 Å². The number of hydrogen-bond donors (Lipinski definition) is 2. The second kappa shape index (κ2) is 9.59. The number of aryl methyl sites for hydroxylation is 1. The topological polar surface area (TPSA) is 43.4 Å². The summed E-state index contributed by atoms with van der Waals surface area (Å²) in [6, 6.07) is 23.1. The van der Waals surface area contributed by atoms with Crippen molar-refractivity contribution in [3.8, 4) is 0 Å². The van der Waals surface area contributed by atoms with E-state index in [1.807, 2.05) is 12.3 Å². The number of nitrogens with zero attached hydrogens (tertiary/aromatic N) is 3. The summed E-state index contributed by atoms with van der Waals surface area (Å²) in [5, 5.41) is 7.05. The molecule has 0 amide bonds. The number of anilines is 3. The summed E-state index contributed by atoms with van der Waals surface area (Å²) >= 11 is 5.41. The van der Waals surface area contributed by atoms with Crippen molar-refractivity contribution in [1.29, 1.82) is 0 Å². The molecule has 3 aromatic rings. The number of benzene rings is 2. The van der Waals surface area contributed by atoms with E-state index in [1.165, 1.54) is 16.8 Å². The van der Waals surface area contributed by atoms with Gasteiger partial charge in [-0.15, -0.1) is 0 Å². The molecule has 2 N–H and O–H groups in total. The zero-order chi connectivity index (χ0) is 20.8. The fourth-order valence-electron chi connectivity index (χ4n) is 3.54. The normalized spacial score (nSPS) is 13.8. The maximum absolute atomic E-state index is 5.41. The van der Waals surface area contributed by atoms with Gasteiger partial charge < -0.3 is 20.4 Å². The second-order valence-electron chi connectivity index (χ2n) is 7.51. The molecule has 2 aromatic carbocycles. The first-order valence-corrected chi connectivity index (χ1v) is 10.7. The van der Waals surface area contributed by atoms with Gasteiger partial charge in [0.15, 0.2) is 5.11 Å². The Morgan fingerprint density at radius 2 is 1.60 bits per heavy atom. The van der Waals surface area contributed by atoms with Gasteiger partial charge in [0.1, 0.15) is 5.82 Å². The van der Waals surface area contributed by atoms with Gasteiger partial charge in [-0.2, -0.15) is 0 Å². The van der Waals surface area contributed by atoms with Crippen LogP contribution >= 0.6 is 12.2 Å². The third-order valence-corrected chi connectivity index (χ3v) is 5.55. The van der Waals surface area contributed by atoms with Gasteiger partial charge in [-0.05, 0) is 49.0 Å². The molecule has 1 saturated heterocycles. The van der Waals surface area contributed by atoms with Gasteiger partial charge in [0.2, 0.25) is 0 Å². The first-order chi connectivity index (χ1) is 14.7. The number of nitrogens with one attached hydrogen (secondary N) is 2. The molecule has 30 heavy (non-hydrogen) atoms. The highest BCUT2D eigenvalue weighted by Crippen LogP contribution is 2.20. The molecule has 0 aliphatic carbocycles. The molecule has 154 valence electrons. The lowest BCUT2D eigenvalue weighted by Gasteiger charge is -2.36. The Labute approximate surface area is 183 Å². The molecule has 1 aromatic heterocycles. The molecular weight excluding hydrogens is 390 g/mol. The average molecular weight is 418 g/mol. The highest BCUT2D eigenvalue weighted by Gasteiger charge is 2.18. The Bertz CT molecular complexity index is 949. The van der Waals surface area contributed by atoms with Crippen LogP contribution in [0.3, 0.4) is 0 Å². The lowest BCUT2D eigenvalue weighted by molar-refractivity contribution is 0.647. The van der Waals surface area contributed by atoms with Gasteiger partial charge in [-0.3, -0.25) is 0 Å². The largest absolute Gasteiger partial charge is 0.368 e. The Kier molecular flexibility index (Phi) is 6.44. The van der Waals surface area contributed by atoms with Crippen LogP contribution in [0.2, 0.25) is 0 Å². The van der Waals surface area contributed by atoms with Crippen molar-refractivity contribution in [3.63, 3.8) is 0 Å². The number of piperazine rings is 1. The molecular formula is C24H27N5S. The number of para-hydroxylation sites is 1. The van der Waals surface area contributed by atoms with Gasteiger partial charge in [0, 0.05) is 38.4 Å². The van der Waals surface area contributed by atoms with E-state index in [2.05, 4.69) is 93.0 Å². The number of pyridine rings is 1. The summed E-state index contributed by atoms with van der Waals surface area (Å²) in [7, 11) is 0. The van der Waals surface area contributed by atoms with E-state index in [-0.39, 0.29) is 0 Å². The third kappa shape index (κ3) is 5.27. The van der Waals surface area contributed by atoms with Gasteiger partial charge >= 0.3 is 0 Å². The van der Waals surface area contributed by atoms with Gasteiger partial charge in [0.05, 0.1) is 11.9 Å². The van der Waals surface area contributed by atoms with Crippen molar-refractivity contribution >= 4 is 34.5 Å². The first kappa shape index (κ1) is 20.2. The van der Waals surface area contributed by atoms with Crippen molar-refractivity contribution in [2.45, 2.75) is 13.5 Å². The molecule has 0 bridgehead atoms. The van der Waals surface area contributed by atoms with E-state index in [9.17, 15) is 0 Å². The van der Waals surface area contributed by atoms with Crippen molar-refractivity contribution < 1.29 is 0 Å². The summed E-state index contributed by atoms with van der Waals surface area (Å²) in [6.45, 7) is 6.71. The van der Waals surface area contributed by atoms with E-state index in [4.69, 9.17) is 12.2 Å². The van der Waals surface area contributed by atoms with Crippen molar-refractivity contribution in [1.82, 2.24) is 10.3 Å². The van der Waals surface area contributed by atoms with Crippen LogP contribution in [-0.4, -0.2) is 36.3 Å². The summed E-state index contributed by atoms with van der Waals surface area (Å²) in [5.74, 6) is 1.01. The van der Waals surface area contributed by atoms with Crippen LogP contribution in [0.5, 0.6) is 0 Å². The van der Waals surface area contributed by atoms with E-state index >= 15 is 0 Å². The van der Waals surface area contributed by atoms with E-state index in [0.717, 1.165) is 37.7 Å². The van der Waals surface area contributed by atoms with E-state index in [1.54, 1.807) is 0 Å². The summed E-state index contributed by atoms with van der Waals surface area (Å²) < 4.78 is 0. The van der Waals surface area contributed by atoms with Crippen LogP contribution in [0.1, 0.15) is 11.1 Å². The number of rotatable bonds is 5. The Morgan fingerprint density at radius 1 is 0.900 bits per heavy atom. The minimum atomic E-state index is 0.599. The monoisotopic (exact) mass is 417 g/mol. The molecule has 0 atom stereocenters. The molecule has 6 heteroatoms. The third-order valence-electron chi connectivity index (χ3n) is 5.30. The van der Waals surface area contributed by atoms with Crippen LogP contribution in [0.4, 0.5) is 17.2 Å². The van der Waals surface area contributed by atoms with Gasteiger partial charge in [-0.25, -0.2) is 4.98 Å². The summed E-state index contributed by atoms with van der Waals surface area (Å²) in [4.78, 5) is 9.39. The predicted molar refractivity (Wildman–Crippen MR) is 129 cm³/mol. The van der Waals surface area contributed by atoms with Crippen molar-refractivity contribution in [2.75, 3.05) is 41.3 Å². The fraction of sp³-hybridized carbons (Fsp3) is 0.250. The maximum Gasteiger partial charge on any atom is 0.171 e. The first-order valence-electron chi connectivity index (χ1n) is 10.3. The molecule has 0 saturated carbocycles. The smallest absolute Gasteiger partial charge is 0.171 e. The second-order valence-corrected chi connectivity index (χ2v) is 7.92. The zero-order valence-electron chi connectivity index (χ0n) is 17.2. The summed E-state index contributed by atoms with van der Waals surface area (Å²) in [6.07, 6.45) is 1.85. The SMILES string of the molecule is Cc1ccc(CNC(=S)Nc2ccc(N3CCN(c4ccccc4)CC3)nc2)cc1. The molecule has 5 nitrogen and oxygen atoms in total. The highest BCUT2D eigenvalue weighted by molar-refractivity contribution is 7.80. The van der Waals surface area contributed by atoms with Gasteiger partial charge in [0.25, 0.3) is 0 Å². The van der Waals surface area contributed by atoms with E-state index < -0.39 is 0 Å². The number of hydrogen-bond acceptors (Lipinski definition) is 4. The molecule has 1 aliphatic rings. The molecule has 0 spiro atoms. The Balaban J connectivity index is 1.26. The minimum Gasteiger partial charge on any atom is -0.368 e. The maximum atomic E-state index is 5.41. The van der Waals surface area contributed by atoms with Crippen LogP contribution in [0, 0.1) is 6.92 Å². The molecule has 4 rings (SSSR count). The fourth-order valence-corrected chi connectivity index (χ4v) is 3.73. The zero-order valence-corrected chi connectivity index (χ0v) is 18.0. The lowest BCUT2D eigenvalue weighted by atomic mass is 10.1.